The number of pyridine rings is 2. The Morgan fingerprint density at radius 1 is 1.20 bits per heavy atom. The topological polar surface area (TPSA) is 102 Å². The maximum Gasteiger partial charge on any atom is 0.324 e. The van der Waals surface area contributed by atoms with Crippen molar-refractivity contribution >= 4 is 22.5 Å². The first-order valence-electron chi connectivity index (χ1n) is 11.8. The van der Waals surface area contributed by atoms with Gasteiger partial charge in [-0.05, 0) is 48.2 Å². The van der Waals surface area contributed by atoms with E-state index in [0.717, 1.165) is 70.9 Å². The van der Waals surface area contributed by atoms with Crippen molar-refractivity contribution in [2.75, 3.05) is 30.4 Å². The monoisotopic (exact) mass is 469 g/mol. The van der Waals surface area contributed by atoms with Gasteiger partial charge in [0, 0.05) is 61.5 Å². The number of nitrogens with one attached hydrogen (secondary N) is 1. The number of nitrogens with two attached hydrogens (primary N) is 1. The van der Waals surface area contributed by atoms with Crippen LogP contribution in [-0.2, 0) is 6.42 Å². The normalized spacial score (nSPS) is 21.9. The van der Waals surface area contributed by atoms with Crippen molar-refractivity contribution in [2.45, 2.75) is 25.3 Å². The van der Waals surface area contributed by atoms with Gasteiger partial charge in [-0.3, -0.25) is 9.97 Å². The number of aromatic nitrogens is 4. The van der Waals surface area contributed by atoms with E-state index in [9.17, 15) is 4.39 Å². The average Bonchev–Trinajstić information content (AvgIpc) is 3.17. The number of benzene rings is 1. The molecule has 2 fully saturated rings. The first-order valence-corrected chi connectivity index (χ1v) is 11.8. The molecule has 1 spiro atoms. The molecule has 0 bridgehead atoms. The third-order valence-corrected chi connectivity index (χ3v) is 7.61. The number of hydrogen-bond acceptors (Lipinski definition) is 8. The average molecular weight is 470 g/mol. The smallest absolute Gasteiger partial charge is 0.324 e. The lowest BCUT2D eigenvalue weighted by Gasteiger charge is -2.22. The summed E-state index contributed by atoms with van der Waals surface area (Å²) in [4.78, 5) is 20.7. The molecule has 35 heavy (non-hydrogen) atoms. The fraction of sp³-hybridized carbons (Fsp3) is 0.308. The van der Waals surface area contributed by atoms with Gasteiger partial charge in [0.25, 0.3) is 0 Å². The van der Waals surface area contributed by atoms with Gasteiger partial charge in [0.15, 0.2) is 5.75 Å². The number of hydrogen-bond donors (Lipinski definition) is 2. The molecular weight excluding hydrogens is 445 g/mol. The molecule has 7 rings (SSSR count). The molecule has 176 valence electrons. The molecule has 3 aromatic heterocycles. The van der Waals surface area contributed by atoms with Gasteiger partial charge in [-0.1, -0.05) is 0 Å². The standard InChI is InChI=1S/C26H24FN7O/c1-29-19-8-14(27)7-17-16(19)10-21-23(17)24(34-6-4-26(13-34)11-22(26)28)33-25(32-21)35-15-9-20-18(31-12-15)3-2-5-30-20/h2-3,5,7-9,12,22,29H,4,6,10-11,13,28H2,1H3/t22-,26-/m1/s1. The number of fused-ring (bicyclic) bond motifs is 4. The SMILES string of the molecule is CNc1cc(F)cc2c1Cc1nc(Oc3cnc4cccnc4c3)nc(N3CC[C@@]4(C[C@H]4N)C3)c1-2. The quantitative estimate of drug-likeness (QED) is 0.409. The third-order valence-electron chi connectivity index (χ3n) is 7.61. The van der Waals surface area contributed by atoms with Crippen LogP contribution in [0, 0.1) is 11.2 Å². The minimum Gasteiger partial charge on any atom is -0.423 e. The van der Waals surface area contributed by atoms with Crippen LogP contribution in [0.4, 0.5) is 15.9 Å². The van der Waals surface area contributed by atoms with E-state index in [4.69, 9.17) is 20.4 Å². The largest absolute Gasteiger partial charge is 0.423 e. The van der Waals surface area contributed by atoms with Crippen LogP contribution in [0.1, 0.15) is 24.1 Å². The molecule has 9 heteroatoms. The molecule has 1 aromatic carbocycles. The van der Waals surface area contributed by atoms with Gasteiger partial charge in [0.05, 0.1) is 22.9 Å². The zero-order chi connectivity index (χ0) is 23.7. The predicted octanol–water partition coefficient (Wildman–Crippen LogP) is 3.89. The van der Waals surface area contributed by atoms with Crippen LogP contribution in [0.3, 0.4) is 0 Å². The molecule has 2 atom stereocenters. The van der Waals surface area contributed by atoms with Gasteiger partial charge < -0.3 is 20.7 Å². The van der Waals surface area contributed by atoms with E-state index in [2.05, 4.69) is 20.2 Å². The summed E-state index contributed by atoms with van der Waals surface area (Å²) < 4.78 is 20.7. The van der Waals surface area contributed by atoms with Crippen LogP contribution in [0.2, 0.25) is 0 Å². The van der Waals surface area contributed by atoms with E-state index >= 15 is 0 Å². The van der Waals surface area contributed by atoms with Gasteiger partial charge in [-0.15, -0.1) is 0 Å². The summed E-state index contributed by atoms with van der Waals surface area (Å²) in [7, 11) is 1.80. The molecule has 1 saturated carbocycles. The lowest BCUT2D eigenvalue weighted by Crippen LogP contribution is -2.24. The van der Waals surface area contributed by atoms with E-state index in [1.165, 1.54) is 6.07 Å². The highest BCUT2D eigenvalue weighted by Gasteiger charge is 2.56. The van der Waals surface area contributed by atoms with Crippen molar-refractivity contribution in [3.05, 3.63) is 59.8 Å². The van der Waals surface area contributed by atoms with Gasteiger partial charge in [-0.25, -0.2) is 4.39 Å². The van der Waals surface area contributed by atoms with Crippen LogP contribution in [-0.4, -0.2) is 46.1 Å². The molecule has 4 heterocycles. The molecule has 4 aromatic rings. The van der Waals surface area contributed by atoms with E-state index in [0.29, 0.717) is 12.2 Å². The molecule has 1 aliphatic heterocycles. The zero-order valence-electron chi connectivity index (χ0n) is 19.3. The maximum absolute atomic E-state index is 14.5. The highest BCUT2D eigenvalue weighted by molar-refractivity contribution is 5.88. The summed E-state index contributed by atoms with van der Waals surface area (Å²) in [5.41, 5.74) is 12.3. The third kappa shape index (κ3) is 3.22. The number of anilines is 2. The van der Waals surface area contributed by atoms with Crippen LogP contribution in [0.25, 0.3) is 22.2 Å². The van der Waals surface area contributed by atoms with Crippen molar-refractivity contribution in [3.8, 4) is 22.9 Å². The zero-order valence-corrected chi connectivity index (χ0v) is 19.3. The summed E-state index contributed by atoms with van der Waals surface area (Å²) in [5, 5.41) is 3.13. The molecule has 1 saturated heterocycles. The Morgan fingerprint density at radius 2 is 2.09 bits per heavy atom. The predicted molar refractivity (Wildman–Crippen MR) is 131 cm³/mol. The molecule has 0 radical (unpaired) electrons. The van der Waals surface area contributed by atoms with Gasteiger partial charge >= 0.3 is 6.01 Å². The van der Waals surface area contributed by atoms with Crippen molar-refractivity contribution in [1.29, 1.82) is 0 Å². The molecule has 8 nitrogen and oxygen atoms in total. The number of ether oxygens (including phenoxy) is 1. The first kappa shape index (κ1) is 20.5. The van der Waals surface area contributed by atoms with Crippen LogP contribution in [0.15, 0.2) is 42.7 Å². The van der Waals surface area contributed by atoms with Crippen LogP contribution in [0.5, 0.6) is 11.8 Å². The highest BCUT2D eigenvalue weighted by Crippen LogP contribution is 2.54. The van der Waals surface area contributed by atoms with E-state index in [1.54, 1.807) is 25.5 Å². The molecule has 3 aliphatic rings. The van der Waals surface area contributed by atoms with Gasteiger partial charge in [-0.2, -0.15) is 9.97 Å². The second kappa shape index (κ2) is 7.32. The van der Waals surface area contributed by atoms with Crippen LogP contribution >= 0.6 is 0 Å². The van der Waals surface area contributed by atoms with Crippen molar-refractivity contribution in [1.82, 2.24) is 19.9 Å². The lowest BCUT2D eigenvalue weighted by atomic mass is 10.0. The van der Waals surface area contributed by atoms with Crippen molar-refractivity contribution < 1.29 is 9.13 Å². The van der Waals surface area contributed by atoms with Gasteiger partial charge in [0.1, 0.15) is 11.6 Å². The fourth-order valence-electron chi connectivity index (χ4n) is 5.61. The van der Waals surface area contributed by atoms with E-state index in [-0.39, 0.29) is 23.3 Å². The number of halogens is 1. The Morgan fingerprint density at radius 3 is 2.89 bits per heavy atom. The summed E-state index contributed by atoms with van der Waals surface area (Å²) in [5.74, 6) is 1.00. The maximum atomic E-state index is 14.5. The van der Waals surface area contributed by atoms with Crippen molar-refractivity contribution in [2.24, 2.45) is 11.1 Å². The molecular formula is C26H24FN7O. The molecule has 2 aliphatic carbocycles. The summed E-state index contributed by atoms with van der Waals surface area (Å²) >= 11 is 0. The Labute approximate surface area is 201 Å². The summed E-state index contributed by atoms with van der Waals surface area (Å²) in [6, 6.07) is 9.17. The Hall–Kier alpha value is -3.85. The minimum absolute atomic E-state index is 0.159. The minimum atomic E-state index is -0.288. The van der Waals surface area contributed by atoms with E-state index in [1.807, 2.05) is 18.2 Å². The molecule has 3 N–H and O–H groups in total. The number of nitrogens with zero attached hydrogens (tertiary/aromatic N) is 5. The van der Waals surface area contributed by atoms with Crippen molar-refractivity contribution in [3.63, 3.8) is 0 Å². The fourth-order valence-corrected chi connectivity index (χ4v) is 5.61. The first-order chi connectivity index (χ1) is 17.0. The lowest BCUT2D eigenvalue weighted by molar-refractivity contribution is 0.439. The number of rotatable bonds is 4. The summed E-state index contributed by atoms with van der Waals surface area (Å²) in [6.45, 7) is 1.68. The highest BCUT2D eigenvalue weighted by atomic mass is 19.1. The Bertz CT molecular complexity index is 1510. The molecule has 0 amide bonds. The summed E-state index contributed by atoms with van der Waals surface area (Å²) in [6.07, 6.45) is 6.01. The van der Waals surface area contributed by atoms with Gasteiger partial charge in [0.2, 0.25) is 0 Å². The van der Waals surface area contributed by atoms with Crippen LogP contribution < -0.4 is 20.7 Å². The van der Waals surface area contributed by atoms with E-state index < -0.39 is 0 Å². The Kier molecular flexibility index (Phi) is 4.29. The second-order valence-electron chi connectivity index (χ2n) is 9.72. The molecule has 0 unspecified atom stereocenters. The Balaban J connectivity index is 1.33. The second-order valence-corrected chi connectivity index (χ2v) is 9.72.